The molecule has 0 bridgehead atoms. The number of rotatable bonds is 8. The number of hydrogen-bond donors (Lipinski definition) is 1. The highest BCUT2D eigenvalue weighted by Gasteiger charge is 2.07. The van der Waals surface area contributed by atoms with Gasteiger partial charge in [0.15, 0.2) is 6.61 Å². The number of esters is 1. The summed E-state index contributed by atoms with van der Waals surface area (Å²) < 4.78 is 4.88. The summed E-state index contributed by atoms with van der Waals surface area (Å²) in [6, 6.07) is 0. The Labute approximate surface area is 115 Å². The van der Waals surface area contributed by atoms with Crippen molar-refractivity contribution < 1.29 is 14.3 Å². The van der Waals surface area contributed by atoms with Crippen LogP contribution in [0.15, 0.2) is 11.6 Å². The lowest BCUT2D eigenvalue weighted by Gasteiger charge is -2.13. The lowest BCUT2D eigenvalue weighted by molar-refractivity contribution is -0.148. The Bertz CT molecular complexity index is 323. The fourth-order valence-corrected chi connectivity index (χ4v) is 2.08. The number of ether oxygens (including phenoxy) is 1. The molecule has 0 saturated carbocycles. The number of unbranched alkanes of at least 4 members (excludes halogenated alkanes) is 1. The molecule has 108 valence electrons. The van der Waals surface area contributed by atoms with Gasteiger partial charge in [-0.05, 0) is 38.5 Å². The molecule has 0 heterocycles. The van der Waals surface area contributed by atoms with Crippen molar-refractivity contribution >= 4 is 11.9 Å². The molecule has 1 amide bonds. The molecule has 0 aromatic heterocycles. The fourth-order valence-electron chi connectivity index (χ4n) is 2.08. The smallest absolute Gasteiger partial charge is 0.306 e. The number of carbonyl (C=O) groups is 2. The van der Waals surface area contributed by atoms with E-state index >= 15 is 0 Å². The third-order valence-corrected chi connectivity index (χ3v) is 3.25. The summed E-state index contributed by atoms with van der Waals surface area (Å²) in [5.74, 6) is -0.492. The summed E-state index contributed by atoms with van der Waals surface area (Å²) in [5, 5.41) is 2.78. The topological polar surface area (TPSA) is 55.4 Å². The van der Waals surface area contributed by atoms with Crippen LogP contribution >= 0.6 is 0 Å². The average molecular weight is 267 g/mol. The highest BCUT2D eigenvalue weighted by atomic mass is 16.5. The van der Waals surface area contributed by atoms with Crippen LogP contribution in [-0.4, -0.2) is 25.0 Å². The number of nitrogens with one attached hydrogen (secondary N) is 1. The first-order valence-electron chi connectivity index (χ1n) is 7.32. The van der Waals surface area contributed by atoms with Gasteiger partial charge in [-0.2, -0.15) is 0 Å². The minimum atomic E-state index is -0.285. The molecule has 0 atom stereocenters. The van der Waals surface area contributed by atoms with Crippen molar-refractivity contribution in [2.75, 3.05) is 13.2 Å². The summed E-state index contributed by atoms with van der Waals surface area (Å²) in [4.78, 5) is 22.7. The van der Waals surface area contributed by atoms with Crippen LogP contribution in [0.25, 0.3) is 0 Å². The Kier molecular flexibility index (Phi) is 7.94. The highest BCUT2D eigenvalue weighted by molar-refractivity contribution is 5.80. The average Bonchev–Trinajstić information content (AvgIpc) is 2.44. The normalized spacial score (nSPS) is 14.7. The summed E-state index contributed by atoms with van der Waals surface area (Å²) in [7, 11) is 0. The molecule has 0 unspecified atom stereocenters. The summed E-state index contributed by atoms with van der Waals surface area (Å²) >= 11 is 0. The van der Waals surface area contributed by atoms with Crippen LogP contribution in [0.5, 0.6) is 0 Å². The Morgan fingerprint density at radius 2 is 2.21 bits per heavy atom. The molecule has 19 heavy (non-hydrogen) atoms. The minimum absolute atomic E-state index is 0.151. The zero-order valence-corrected chi connectivity index (χ0v) is 11.9. The van der Waals surface area contributed by atoms with E-state index in [1.54, 1.807) is 0 Å². The highest BCUT2D eigenvalue weighted by Crippen LogP contribution is 2.19. The maximum atomic E-state index is 11.5. The van der Waals surface area contributed by atoms with Gasteiger partial charge < -0.3 is 10.1 Å². The summed E-state index contributed by atoms with van der Waals surface area (Å²) in [5.41, 5.74) is 1.44. The Morgan fingerprint density at radius 3 is 2.89 bits per heavy atom. The zero-order valence-electron chi connectivity index (χ0n) is 11.9. The molecule has 0 radical (unpaired) electrons. The molecule has 1 aliphatic rings. The van der Waals surface area contributed by atoms with Crippen LogP contribution in [0.2, 0.25) is 0 Å². The minimum Gasteiger partial charge on any atom is -0.456 e. The van der Waals surface area contributed by atoms with Crippen molar-refractivity contribution in [2.24, 2.45) is 0 Å². The van der Waals surface area contributed by atoms with E-state index in [0.29, 0.717) is 13.0 Å². The van der Waals surface area contributed by atoms with Crippen molar-refractivity contribution in [3.63, 3.8) is 0 Å². The predicted molar refractivity (Wildman–Crippen MR) is 74.7 cm³/mol. The predicted octanol–water partition coefficient (Wildman–Crippen LogP) is 2.73. The molecule has 0 aromatic rings. The van der Waals surface area contributed by atoms with E-state index in [1.165, 1.54) is 24.8 Å². The second-order valence-corrected chi connectivity index (χ2v) is 4.97. The maximum Gasteiger partial charge on any atom is 0.306 e. The Hall–Kier alpha value is -1.32. The van der Waals surface area contributed by atoms with Gasteiger partial charge in [0.1, 0.15) is 0 Å². The lowest BCUT2D eigenvalue weighted by atomic mass is 9.97. The van der Waals surface area contributed by atoms with Gasteiger partial charge in [0.2, 0.25) is 0 Å². The van der Waals surface area contributed by atoms with Gasteiger partial charge in [-0.15, -0.1) is 0 Å². The van der Waals surface area contributed by atoms with Gasteiger partial charge in [-0.3, -0.25) is 9.59 Å². The van der Waals surface area contributed by atoms with Gasteiger partial charge in [0, 0.05) is 13.0 Å². The SMILES string of the molecule is CCCCC(=O)OCC(=O)NCCC1=CCCCC1. The van der Waals surface area contributed by atoms with Crippen LogP contribution < -0.4 is 5.32 Å². The molecule has 1 N–H and O–H groups in total. The van der Waals surface area contributed by atoms with E-state index in [-0.39, 0.29) is 18.5 Å². The largest absolute Gasteiger partial charge is 0.456 e. The molecule has 0 fully saturated rings. The first-order valence-corrected chi connectivity index (χ1v) is 7.32. The van der Waals surface area contributed by atoms with Gasteiger partial charge in [-0.25, -0.2) is 0 Å². The van der Waals surface area contributed by atoms with E-state index in [1.807, 2.05) is 6.92 Å². The number of amides is 1. The van der Waals surface area contributed by atoms with Crippen LogP contribution in [0.4, 0.5) is 0 Å². The third kappa shape index (κ3) is 7.65. The molecule has 0 aliphatic heterocycles. The van der Waals surface area contributed by atoms with Crippen LogP contribution in [0.1, 0.15) is 58.3 Å². The maximum absolute atomic E-state index is 11.5. The Balaban J connectivity index is 2.04. The molecular formula is C15H25NO3. The van der Waals surface area contributed by atoms with E-state index in [9.17, 15) is 9.59 Å². The lowest BCUT2D eigenvalue weighted by Crippen LogP contribution is -2.29. The van der Waals surface area contributed by atoms with Crippen LogP contribution in [0, 0.1) is 0 Å². The second kappa shape index (κ2) is 9.59. The van der Waals surface area contributed by atoms with Crippen molar-refractivity contribution in [2.45, 2.75) is 58.3 Å². The monoisotopic (exact) mass is 267 g/mol. The van der Waals surface area contributed by atoms with E-state index in [0.717, 1.165) is 25.7 Å². The first kappa shape index (κ1) is 15.7. The van der Waals surface area contributed by atoms with Crippen molar-refractivity contribution in [1.82, 2.24) is 5.32 Å². The molecule has 0 saturated heterocycles. The number of hydrogen-bond acceptors (Lipinski definition) is 3. The van der Waals surface area contributed by atoms with E-state index in [2.05, 4.69) is 11.4 Å². The molecular weight excluding hydrogens is 242 g/mol. The molecule has 0 spiro atoms. The van der Waals surface area contributed by atoms with Crippen LogP contribution in [-0.2, 0) is 14.3 Å². The number of carbonyl (C=O) groups excluding carboxylic acids is 2. The van der Waals surface area contributed by atoms with Crippen molar-refractivity contribution in [3.8, 4) is 0 Å². The number of allylic oxidation sites excluding steroid dienone is 1. The third-order valence-electron chi connectivity index (χ3n) is 3.25. The zero-order chi connectivity index (χ0) is 13.9. The molecule has 0 aromatic carbocycles. The quantitative estimate of drug-likeness (QED) is 0.543. The fraction of sp³-hybridized carbons (Fsp3) is 0.733. The van der Waals surface area contributed by atoms with Gasteiger partial charge in [0.05, 0.1) is 0 Å². The van der Waals surface area contributed by atoms with Gasteiger partial charge in [0.25, 0.3) is 5.91 Å². The summed E-state index contributed by atoms with van der Waals surface area (Å²) in [6.07, 6.45) is 10.2. The molecule has 1 rings (SSSR count). The van der Waals surface area contributed by atoms with Crippen LogP contribution in [0.3, 0.4) is 0 Å². The van der Waals surface area contributed by atoms with Gasteiger partial charge >= 0.3 is 5.97 Å². The van der Waals surface area contributed by atoms with Gasteiger partial charge in [-0.1, -0.05) is 25.0 Å². The molecule has 1 aliphatic carbocycles. The Morgan fingerprint density at radius 1 is 1.37 bits per heavy atom. The standard InChI is InChI=1S/C15H25NO3/c1-2-3-9-15(18)19-12-14(17)16-11-10-13-7-5-4-6-8-13/h7H,2-6,8-12H2,1H3,(H,16,17). The second-order valence-electron chi connectivity index (χ2n) is 4.97. The molecule has 4 nitrogen and oxygen atoms in total. The molecule has 4 heteroatoms. The van der Waals surface area contributed by atoms with Crippen molar-refractivity contribution in [1.29, 1.82) is 0 Å². The first-order chi connectivity index (χ1) is 9.22. The van der Waals surface area contributed by atoms with E-state index in [4.69, 9.17) is 4.74 Å². The summed E-state index contributed by atoms with van der Waals surface area (Å²) in [6.45, 7) is 2.50. The van der Waals surface area contributed by atoms with E-state index < -0.39 is 0 Å². The van der Waals surface area contributed by atoms with Crippen molar-refractivity contribution in [3.05, 3.63) is 11.6 Å².